The lowest BCUT2D eigenvalue weighted by Crippen LogP contribution is -1.99. The second-order valence-corrected chi connectivity index (χ2v) is 3.02. The highest BCUT2D eigenvalue weighted by molar-refractivity contribution is 5.28. The van der Waals surface area contributed by atoms with Crippen molar-refractivity contribution in [1.82, 2.24) is 0 Å². The summed E-state index contributed by atoms with van der Waals surface area (Å²) in [5, 5.41) is 17.5. The maximum absolute atomic E-state index is 12.8. The van der Waals surface area contributed by atoms with Crippen LogP contribution in [-0.2, 0) is 13.0 Å². The van der Waals surface area contributed by atoms with Crippen LogP contribution in [0, 0.1) is 11.6 Å². The van der Waals surface area contributed by atoms with E-state index in [1.165, 1.54) is 0 Å². The zero-order valence-electron chi connectivity index (χ0n) is 7.63. The van der Waals surface area contributed by atoms with Gasteiger partial charge in [0.15, 0.2) is 11.6 Å². The average Bonchev–Trinajstić information content (AvgIpc) is 2.19. The molecule has 4 heteroatoms. The molecule has 0 aromatic heterocycles. The van der Waals surface area contributed by atoms with Gasteiger partial charge in [0.05, 0.1) is 6.61 Å². The van der Waals surface area contributed by atoms with Gasteiger partial charge >= 0.3 is 0 Å². The van der Waals surface area contributed by atoms with Crippen LogP contribution in [0.25, 0.3) is 0 Å². The Morgan fingerprint density at radius 2 is 1.57 bits per heavy atom. The fraction of sp³-hybridized carbons (Fsp3) is 0.400. The summed E-state index contributed by atoms with van der Waals surface area (Å²) in [6.45, 7) is -0.332. The summed E-state index contributed by atoms with van der Waals surface area (Å²) in [5.41, 5.74) is 0.915. The van der Waals surface area contributed by atoms with E-state index >= 15 is 0 Å². The summed E-state index contributed by atoms with van der Waals surface area (Å²) in [4.78, 5) is 0. The Hall–Kier alpha value is -1.00. The van der Waals surface area contributed by atoms with E-state index in [4.69, 9.17) is 10.2 Å². The van der Waals surface area contributed by atoms with Crippen LogP contribution >= 0.6 is 0 Å². The van der Waals surface area contributed by atoms with E-state index in [2.05, 4.69) is 0 Å². The van der Waals surface area contributed by atoms with Gasteiger partial charge in [-0.2, -0.15) is 0 Å². The molecule has 0 heterocycles. The lowest BCUT2D eigenvalue weighted by atomic mass is 10.0. The monoisotopic (exact) mass is 202 g/mol. The second kappa shape index (κ2) is 5.02. The van der Waals surface area contributed by atoms with Crippen molar-refractivity contribution in [2.24, 2.45) is 0 Å². The number of aliphatic hydroxyl groups is 2. The Bertz CT molecular complexity index is 313. The van der Waals surface area contributed by atoms with Crippen molar-refractivity contribution in [2.75, 3.05) is 6.61 Å². The maximum atomic E-state index is 12.8. The molecular formula is C10H12F2O2. The molecule has 0 saturated carbocycles. The van der Waals surface area contributed by atoms with Gasteiger partial charge in [-0.15, -0.1) is 0 Å². The van der Waals surface area contributed by atoms with E-state index in [1.807, 2.05) is 0 Å². The molecule has 1 aromatic carbocycles. The first-order chi connectivity index (χ1) is 6.69. The van der Waals surface area contributed by atoms with Crippen molar-refractivity contribution >= 4 is 0 Å². The molecule has 78 valence electrons. The Morgan fingerprint density at radius 1 is 1.00 bits per heavy atom. The predicted molar refractivity (Wildman–Crippen MR) is 47.7 cm³/mol. The van der Waals surface area contributed by atoms with Gasteiger partial charge in [0.2, 0.25) is 0 Å². The number of aliphatic hydroxyl groups excluding tert-OH is 2. The van der Waals surface area contributed by atoms with Crippen LogP contribution in [0.2, 0.25) is 0 Å². The Kier molecular flexibility index (Phi) is 3.98. The van der Waals surface area contributed by atoms with Crippen LogP contribution in [0.15, 0.2) is 12.1 Å². The topological polar surface area (TPSA) is 40.5 Å². The van der Waals surface area contributed by atoms with Crippen LogP contribution in [0.4, 0.5) is 8.78 Å². The third-order valence-corrected chi connectivity index (χ3v) is 2.02. The van der Waals surface area contributed by atoms with Crippen molar-refractivity contribution in [3.63, 3.8) is 0 Å². The Balaban J connectivity index is 2.95. The molecule has 0 unspecified atom stereocenters. The molecule has 14 heavy (non-hydrogen) atoms. The summed E-state index contributed by atoms with van der Waals surface area (Å²) in [6, 6.07) is 2.05. The van der Waals surface area contributed by atoms with E-state index in [0.717, 1.165) is 12.1 Å². The van der Waals surface area contributed by atoms with Crippen LogP contribution in [0.5, 0.6) is 0 Å². The SMILES string of the molecule is OCCCc1cc(F)c(F)cc1CO. The van der Waals surface area contributed by atoms with Gasteiger partial charge in [0.1, 0.15) is 0 Å². The fourth-order valence-corrected chi connectivity index (χ4v) is 1.28. The fourth-order valence-electron chi connectivity index (χ4n) is 1.28. The normalized spacial score (nSPS) is 10.6. The Morgan fingerprint density at radius 3 is 2.07 bits per heavy atom. The lowest BCUT2D eigenvalue weighted by Gasteiger charge is -2.07. The van der Waals surface area contributed by atoms with Gasteiger partial charge in [-0.05, 0) is 36.1 Å². The van der Waals surface area contributed by atoms with Crippen molar-refractivity contribution < 1.29 is 19.0 Å². The standard InChI is InChI=1S/C10H12F2O2/c11-9-4-7(2-1-3-13)8(6-14)5-10(9)12/h4-5,13-14H,1-3,6H2. The molecule has 0 fully saturated rings. The first-order valence-electron chi connectivity index (χ1n) is 4.37. The number of benzene rings is 1. The van der Waals surface area contributed by atoms with E-state index in [-0.39, 0.29) is 13.2 Å². The zero-order chi connectivity index (χ0) is 10.6. The highest BCUT2D eigenvalue weighted by Crippen LogP contribution is 2.16. The van der Waals surface area contributed by atoms with E-state index < -0.39 is 11.6 Å². The molecular weight excluding hydrogens is 190 g/mol. The number of hydrogen-bond donors (Lipinski definition) is 2. The molecule has 0 saturated heterocycles. The highest BCUT2D eigenvalue weighted by atomic mass is 19.2. The van der Waals surface area contributed by atoms with E-state index in [1.54, 1.807) is 0 Å². The minimum atomic E-state index is -0.957. The summed E-state index contributed by atoms with van der Waals surface area (Å²) in [5.74, 6) is -1.88. The average molecular weight is 202 g/mol. The zero-order valence-corrected chi connectivity index (χ0v) is 7.63. The van der Waals surface area contributed by atoms with Crippen molar-refractivity contribution in [3.8, 4) is 0 Å². The van der Waals surface area contributed by atoms with Gasteiger partial charge in [-0.3, -0.25) is 0 Å². The Labute approximate surface area is 80.8 Å². The molecule has 0 aliphatic heterocycles. The number of aryl methyl sites for hydroxylation is 1. The summed E-state index contributed by atoms with van der Waals surface area (Å²) >= 11 is 0. The molecule has 0 spiro atoms. The molecule has 2 nitrogen and oxygen atoms in total. The highest BCUT2D eigenvalue weighted by Gasteiger charge is 2.08. The third kappa shape index (κ3) is 2.49. The summed E-state index contributed by atoms with van der Waals surface area (Å²) < 4.78 is 25.5. The van der Waals surface area contributed by atoms with Gasteiger partial charge in [0.25, 0.3) is 0 Å². The van der Waals surface area contributed by atoms with Gasteiger partial charge in [-0.1, -0.05) is 0 Å². The van der Waals surface area contributed by atoms with Crippen LogP contribution in [0.1, 0.15) is 17.5 Å². The molecule has 0 bridgehead atoms. The van der Waals surface area contributed by atoms with Crippen LogP contribution in [-0.4, -0.2) is 16.8 Å². The van der Waals surface area contributed by atoms with Gasteiger partial charge in [-0.25, -0.2) is 8.78 Å². The summed E-state index contributed by atoms with van der Waals surface area (Å²) in [7, 11) is 0. The lowest BCUT2D eigenvalue weighted by molar-refractivity contribution is 0.275. The second-order valence-electron chi connectivity index (χ2n) is 3.02. The van der Waals surface area contributed by atoms with Gasteiger partial charge < -0.3 is 10.2 Å². The number of halogens is 2. The minimum Gasteiger partial charge on any atom is -0.396 e. The van der Waals surface area contributed by atoms with E-state index in [9.17, 15) is 8.78 Å². The first kappa shape index (κ1) is 11.1. The predicted octanol–water partition coefficient (Wildman–Crippen LogP) is 1.38. The molecule has 1 rings (SSSR count). The number of hydrogen-bond acceptors (Lipinski definition) is 2. The molecule has 2 N–H and O–H groups in total. The third-order valence-electron chi connectivity index (χ3n) is 2.02. The van der Waals surface area contributed by atoms with Crippen LogP contribution < -0.4 is 0 Å². The van der Waals surface area contributed by atoms with Crippen molar-refractivity contribution in [1.29, 1.82) is 0 Å². The molecule has 0 aliphatic rings. The maximum Gasteiger partial charge on any atom is 0.159 e. The van der Waals surface area contributed by atoms with Crippen LogP contribution in [0.3, 0.4) is 0 Å². The first-order valence-corrected chi connectivity index (χ1v) is 4.37. The van der Waals surface area contributed by atoms with E-state index in [0.29, 0.717) is 24.0 Å². The molecule has 0 aliphatic carbocycles. The minimum absolute atomic E-state index is 0.0101. The molecule has 0 radical (unpaired) electrons. The number of rotatable bonds is 4. The molecule has 0 amide bonds. The summed E-state index contributed by atoms with van der Waals surface area (Å²) in [6.07, 6.45) is 0.904. The molecule has 0 atom stereocenters. The molecule has 1 aromatic rings. The van der Waals surface area contributed by atoms with Gasteiger partial charge in [0, 0.05) is 6.61 Å². The smallest absolute Gasteiger partial charge is 0.159 e. The van der Waals surface area contributed by atoms with Crippen molar-refractivity contribution in [2.45, 2.75) is 19.4 Å². The largest absolute Gasteiger partial charge is 0.396 e. The van der Waals surface area contributed by atoms with Crippen molar-refractivity contribution in [3.05, 3.63) is 34.9 Å². The quantitative estimate of drug-likeness (QED) is 0.774.